The zero-order valence-corrected chi connectivity index (χ0v) is 13.9. The van der Waals surface area contributed by atoms with Crippen LogP contribution in [0.2, 0.25) is 0 Å². The van der Waals surface area contributed by atoms with Crippen molar-refractivity contribution in [1.82, 2.24) is 9.38 Å². The van der Waals surface area contributed by atoms with Crippen LogP contribution in [0.5, 0.6) is 0 Å². The van der Waals surface area contributed by atoms with Gasteiger partial charge >= 0.3 is 6.18 Å². The SMILES string of the molecule is O=C(c1ccc(C(F)(F)F)cc1)c1nc(-c2ccccc2)c2ccccn12. The molecule has 4 aromatic rings. The summed E-state index contributed by atoms with van der Waals surface area (Å²) in [5, 5.41) is 0. The lowest BCUT2D eigenvalue weighted by molar-refractivity contribution is -0.137. The molecule has 2 aromatic carbocycles. The van der Waals surface area contributed by atoms with Crippen molar-refractivity contribution in [2.45, 2.75) is 6.18 Å². The molecule has 0 unspecified atom stereocenters. The average molecular weight is 366 g/mol. The molecule has 2 heterocycles. The van der Waals surface area contributed by atoms with E-state index in [-0.39, 0.29) is 11.4 Å². The lowest BCUT2D eigenvalue weighted by Gasteiger charge is -2.07. The van der Waals surface area contributed by atoms with Crippen molar-refractivity contribution in [2.24, 2.45) is 0 Å². The number of pyridine rings is 1. The van der Waals surface area contributed by atoms with Crippen molar-refractivity contribution in [3.05, 3.63) is 95.9 Å². The van der Waals surface area contributed by atoms with Gasteiger partial charge < -0.3 is 0 Å². The maximum atomic E-state index is 12.9. The Labute approximate surface area is 152 Å². The predicted molar refractivity (Wildman–Crippen MR) is 95.5 cm³/mol. The largest absolute Gasteiger partial charge is 0.416 e. The van der Waals surface area contributed by atoms with E-state index in [4.69, 9.17) is 0 Å². The zero-order chi connectivity index (χ0) is 19.0. The fourth-order valence-electron chi connectivity index (χ4n) is 2.95. The van der Waals surface area contributed by atoms with Crippen molar-refractivity contribution in [1.29, 1.82) is 0 Å². The van der Waals surface area contributed by atoms with Gasteiger partial charge in [0.2, 0.25) is 5.78 Å². The Hall–Kier alpha value is -3.41. The number of alkyl halides is 3. The number of carbonyl (C=O) groups is 1. The van der Waals surface area contributed by atoms with Gasteiger partial charge in [0.1, 0.15) is 0 Å². The highest BCUT2D eigenvalue weighted by atomic mass is 19.4. The molecule has 0 N–H and O–H groups in total. The number of fused-ring (bicyclic) bond motifs is 1. The van der Waals surface area contributed by atoms with E-state index < -0.39 is 17.5 Å². The van der Waals surface area contributed by atoms with E-state index in [1.165, 1.54) is 12.1 Å². The van der Waals surface area contributed by atoms with Crippen LogP contribution in [0.25, 0.3) is 16.8 Å². The summed E-state index contributed by atoms with van der Waals surface area (Å²) in [4.78, 5) is 17.4. The number of ketones is 1. The molecule has 0 atom stereocenters. The van der Waals surface area contributed by atoms with Gasteiger partial charge in [-0.05, 0) is 24.3 Å². The van der Waals surface area contributed by atoms with Crippen molar-refractivity contribution in [3.63, 3.8) is 0 Å². The lowest BCUT2D eigenvalue weighted by atomic mass is 10.1. The van der Waals surface area contributed by atoms with Crippen LogP contribution in [0.3, 0.4) is 0 Å². The highest BCUT2D eigenvalue weighted by Crippen LogP contribution is 2.30. The molecule has 2 aromatic heterocycles. The Morgan fingerprint density at radius 1 is 0.852 bits per heavy atom. The number of imidazole rings is 1. The Kier molecular flexibility index (Phi) is 4.03. The molecule has 0 radical (unpaired) electrons. The minimum absolute atomic E-state index is 0.151. The molecule has 0 amide bonds. The van der Waals surface area contributed by atoms with E-state index in [1.807, 2.05) is 42.5 Å². The summed E-state index contributed by atoms with van der Waals surface area (Å²) < 4.78 is 39.9. The maximum absolute atomic E-state index is 12.9. The minimum Gasteiger partial charge on any atom is -0.296 e. The smallest absolute Gasteiger partial charge is 0.296 e. The second-order valence-electron chi connectivity index (χ2n) is 6.01. The van der Waals surface area contributed by atoms with Gasteiger partial charge in [-0.15, -0.1) is 0 Å². The molecule has 6 heteroatoms. The van der Waals surface area contributed by atoms with Crippen molar-refractivity contribution < 1.29 is 18.0 Å². The van der Waals surface area contributed by atoms with Crippen LogP contribution in [-0.2, 0) is 6.18 Å². The minimum atomic E-state index is -4.44. The molecule has 0 saturated heterocycles. The number of aromatic nitrogens is 2. The van der Waals surface area contributed by atoms with Crippen LogP contribution in [0.1, 0.15) is 21.7 Å². The number of carbonyl (C=O) groups excluding carboxylic acids is 1. The fourth-order valence-corrected chi connectivity index (χ4v) is 2.95. The van der Waals surface area contributed by atoms with E-state index in [0.29, 0.717) is 5.69 Å². The van der Waals surface area contributed by atoms with E-state index >= 15 is 0 Å². The first-order valence-corrected chi connectivity index (χ1v) is 8.19. The summed E-state index contributed by atoms with van der Waals surface area (Å²) in [6.45, 7) is 0. The molecule has 0 saturated carbocycles. The predicted octanol–water partition coefficient (Wildman–Crippen LogP) is 5.25. The van der Waals surface area contributed by atoms with Gasteiger partial charge in [-0.1, -0.05) is 48.5 Å². The molecule has 0 aliphatic carbocycles. The number of nitrogens with zero attached hydrogens (tertiary/aromatic N) is 2. The first-order chi connectivity index (χ1) is 12.9. The molecule has 0 spiro atoms. The Morgan fingerprint density at radius 3 is 2.19 bits per heavy atom. The zero-order valence-electron chi connectivity index (χ0n) is 13.9. The molecular formula is C21H13F3N2O. The van der Waals surface area contributed by atoms with Crippen LogP contribution >= 0.6 is 0 Å². The van der Waals surface area contributed by atoms with Gasteiger partial charge in [-0.25, -0.2) is 4.98 Å². The fraction of sp³-hybridized carbons (Fsp3) is 0.0476. The highest BCUT2D eigenvalue weighted by Gasteiger charge is 2.30. The first kappa shape index (κ1) is 17.0. The molecule has 27 heavy (non-hydrogen) atoms. The van der Waals surface area contributed by atoms with Crippen molar-refractivity contribution in [3.8, 4) is 11.3 Å². The molecule has 4 rings (SSSR count). The van der Waals surface area contributed by atoms with Gasteiger partial charge in [0.05, 0.1) is 16.8 Å². The van der Waals surface area contributed by atoms with E-state index in [9.17, 15) is 18.0 Å². The number of benzene rings is 2. The standard InChI is InChI=1S/C21H13F3N2O/c22-21(23,24)16-11-9-15(10-12-16)19(27)20-25-18(14-6-2-1-3-7-14)17-8-4-5-13-26(17)20/h1-13H. The summed E-state index contributed by atoms with van der Waals surface area (Å²) in [6, 6.07) is 19.0. The van der Waals surface area contributed by atoms with Gasteiger partial charge in [0, 0.05) is 17.3 Å². The van der Waals surface area contributed by atoms with Gasteiger partial charge in [0.25, 0.3) is 0 Å². The Morgan fingerprint density at radius 2 is 1.52 bits per heavy atom. The molecule has 0 fully saturated rings. The second-order valence-corrected chi connectivity index (χ2v) is 6.01. The van der Waals surface area contributed by atoms with Crippen molar-refractivity contribution in [2.75, 3.05) is 0 Å². The molecule has 3 nitrogen and oxygen atoms in total. The van der Waals surface area contributed by atoms with E-state index in [1.54, 1.807) is 16.7 Å². The summed E-state index contributed by atoms with van der Waals surface area (Å²) >= 11 is 0. The van der Waals surface area contributed by atoms with Crippen LogP contribution in [-0.4, -0.2) is 15.2 Å². The third-order valence-corrected chi connectivity index (χ3v) is 4.27. The Bertz CT molecular complexity index is 1110. The first-order valence-electron chi connectivity index (χ1n) is 8.19. The summed E-state index contributed by atoms with van der Waals surface area (Å²) in [7, 11) is 0. The molecule has 0 aliphatic heterocycles. The number of hydrogen-bond acceptors (Lipinski definition) is 2. The maximum Gasteiger partial charge on any atom is 0.416 e. The van der Waals surface area contributed by atoms with Crippen LogP contribution < -0.4 is 0 Å². The summed E-state index contributed by atoms with van der Waals surface area (Å²) in [6.07, 6.45) is -2.73. The van der Waals surface area contributed by atoms with Crippen LogP contribution in [0.15, 0.2) is 79.0 Å². The van der Waals surface area contributed by atoms with Gasteiger partial charge in [-0.3, -0.25) is 9.20 Å². The average Bonchev–Trinajstić information content (AvgIpc) is 3.07. The topological polar surface area (TPSA) is 34.4 Å². The monoisotopic (exact) mass is 366 g/mol. The second kappa shape index (κ2) is 6.39. The number of rotatable bonds is 3. The summed E-state index contributed by atoms with van der Waals surface area (Å²) in [5.74, 6) is -0.281. The Balaban J connectivity index is 1.81. The molecule has 134 valence electrons. The molecule has 0 bridgehead atoms. The highest BCUT2D eigenvalue weighted by molar-refractivity contribution is 6.08. The lowest BCUT2D eigenvalue weighted by Crippen LogP contribution is -2.09. The quantitative estimate of drug-likeness (QED) is 0.464. The van der Waals surface area contributed by atoms with Gasteiger partial charge in [-0.2, -0.15) is 13.2 Å². The third-order valence-electron chi connectivity index (χ3n) is 4.27. The van der Waals surface area contributed by atoms with Crippen molar-refractivity contribution >= 4 is 11.3 Å². The van der Waals surface area contributed by atoms with Gasteiger partial charge in [0.15, 0.2) is 5.82 Å². The van der Waals surface area contributed by atoms with Crippen LogP contribution in [0.4, 0.5) is 13.2 Å². The number of hydrogen-bond donors (Lipinski definition) is 0. The molecular weight excluding hydrogens is 353 g/mol. The normalized spacial score (nSPS) is 11.7. The van der Waals surface area contributed by atoms with Crippen LogP contribution in [0, 0.1) is 0 Å². The van der Waals surface area contributed by atoms with E-state index in [2.05, 4.69) is 4.98 Å². The van der Waals surface area contributed by atoms with E-state index in [0.717, 1.165) is 23.2 Å². The number of halogens is 3. The summed E-state index contributed by atoms with van der Waals surface area (Å²) in [5.41, 5.74) is 1.61. The third kappa shape index (κ3) is 3.10. The molecule has 0 aliphatic rings.